The highest BCUT2D eigenvalue weighted by molar-refractivity contribution is 5.80. The maximum atomic E-state index is 12.2. The maximum absolute atomic E-state index is 12.2. The first-order valence-corrected chi connectivity index (χ1v) is 13.2. The first-order valence-electron chi connectivity index (χ1n) is 13.2. The first kappa shape index (κ1) is 23.8. The third-order valence-electron chi connectivity index (χ3n) is 10.1. The van der Waals surface area contributed by atoms with Gasteiger partial charge in [-0.2, -0.15) is 0 Å². The Labute approximate surface area is 195 Å². The third-order valence-corrected chi connectivity index (χ3v) is 10.1. The van der Waals surface area contributed by atoms with Crippen molar-refractivity contribution in [2.45, 2.75) is 105 Å². The molecule has 0 amide bonds. The maximum Gasteiger partial charge on any atom is 0.302 e. The summed E-state index contributed by atoms with van der Waals surface area (Å²) in [6, 6.07) is 0. The lowest BCUT2D eigenvalue weighted by Gasteiger charge is -2.55. The van der Waals surface area contributed by atoms with Crippen LogP contribution in [0.2, 0.25) is 0 Å². The molecule has 4 aliphatic rings. The van der Waals surface area contributed by atoms with Crippen LogP contribution in [0.15, 0.2) is 23.3 Å². The van der Waals surface area contributed by atoms with E-state index in [0.717, 1.165) is 38.0 Å². The minimum absolute atomic E-state index is 0.0564. The molecular weight excluding hydrogens is 396 g/mol. The van der Waals surface area contributed by atoms with Gasteiger partial charge in [-0.1, -0.05) is 57.9 Å². The van der Waals surface area contributed by atoms with E-state index < -0.39 is 0 Å². The molecule has 3 nitrogen and oxygen atoms in total. The quantitative estimate of drug-likeness (QED) is 0.415. The van der Waals surface area contributed by atoms with Gasteiger partial charge >= 0.3 is 5.97 Å². The molecule has 178 valence electrons. The number of ether oxygens (including phenoxy) is 1. The summed E-state index contributed by atoms with van der Waals surface area (Å²) in [7, 11) is 0. The molecule has 0 heterocycles. The zero-order valence-corrected chi connectivity index (χ0v) is 21.2. The Morgan fingerprint density at radius 1 is 1.03 bits per heavy atom. The summed E-state index contributed by atoms with van der Waals surface area (Å²) in [4.78, 5) is 23.7. The van der Waals surface area contributed by atoms with Gasteiger partial charge in [0.05, 0.1) is 0 Å². The van der Waals surface area contributed by atoms with Crippen LogP contribution in [-0.4, -0.2) is 17.9 Å². The second-order valence-electron chi connectivity index (χ2n) is 12.2. The highest BCUT2D eigenvalue weighted by atomic mass is 16.5. The first-order chi connectivity index (χ1) is 15.1. The predicted molar refractivity (Wildman–Crippen MR) is 129 cm³/mol. The van der Waals surface area contributed by atoms with Crippen molar-refractivity contribution < 1.29 is 14.3 Å². The second kappa shape index (κ2) is 8.76. The van der Waals surface area contributed by atoms with E-state index in [4.69, 9.17) is 4.74 Å². The summed E-state index contributed by atoms with van der Waals surface area (Å²) in [6.45, 7) is 13.0. The highest BCUT2D eigenvalue weighted by Gasteiger charge is 2.57. The summed E-state index contributed by atoms with van der Waals surface area (Å²) in [5.74, 6) is 3.12. The van der Waals surface area contributed by atoms with Gasteiger partial charge in [0.25, 0.3) is 0 Å². The average molecular weight is 441 g/mol. The predicted octanol–water partition coefficient (Wildman–Crippen LogP) is 7.06. The number of hydrogen-bond acceptors (Lipinski definition) is 3. The van der Waals surface area contributed by atoms with Gasteiger partial charge < -0.3 is 4.74 Å². The standard InChI is InChI=1S/C29H44O3/c1-18(2)27(31)12-7-19(3)24-10-11-25-23-9-8-21-17-22(32-20(4)30)13-15-28(21,5)26(23)14-16-29(24,25)6/h8-9,18-19,22,24-26H,7,10-17H2,1-6H3/t19-,22+,24-,25+,26+,28+,29-/m1/s1. The fourth-order valence-electron chi connectivity index (χ4n) is 8.14. The number of carbonyl (C=O) groups is 2. The number of Topliss-reactive ketones (excluding diaryl/α,β-unsaturated/α-hetero) is 1. The van der Waals surface area contributed by atoms with Crippen LogP contribution in [0.5, 0.6) is 0 Å². The van der Waals surface area contributed by atoms with Crippen LogP contribution in [0.1, 0.15) is 99.3 Å². The zero-order valence-electron chi connectivity index (χ0n) is 21.2. The number of ketones is 1. The van der Waals surface area contributed by atoms with Gasteiger partial charge in [-0.05, 0) is 79.4 Å². The fraction of sp³-hybridized carbons (Fsp3) is 0.793. The number of rotatable bonds is 6. The number of carbonyl (C=O) groups excluding carboxylic acids is 2. The molecule has 0 aromatic carbocycles. The molecule has 0 saturated heterocycles. The van der Waals surface area contributed by atoms with E-state index in [2.05, 4.69) is 32.9 Å². The molecular formula is C29H44O3. The molecule has 3 saturated carbocycles. The molecule has 0 radical (unpaired) electrons. The van der Waals surface area contributed by atoms with E-state index in [1.54, 1.807) is 5.57 Å². The average Bonchev–Trinajstić information content (AvgIpc) is 3.08. The van der Waals surface area contributed by atoms with Crippen molar-refractivity contribution in [2.24, 2.45) is 40.4 Å². The number of hydrogen-bond donors (Lipinski definition) is 0. The summed E-state index contributed by atoms with van der Waals surface area (Å²) in [6.07, 6.45) is 14.9. The molecule has 0 aliphatic heterocycles. The summed E-state index contributed by atoms with van der Waals surface area (Å²) >= 11 is 0. The van der Waals surface area contributed by atoms with Gasteiger partial charge in [-0.3, -0.25) is 9.59 Å². The Bertz CT molecular complexity index is 820. The molecule has 7 atom stereocenters. The Kier molecular flexibility index (Phi) is 6.51. The van der Waals surface area contributed by atoms with Gasteiger partial charge in [-0.15, -0.1) is 0 Å². The number of esters is 1. The highest BCUT2D eigenvalue weighted by Crippen LogP contribution is 2.66. The topological polar surface area (TPSA) is 43.4 Å². The number of fused-ring (bicyclic) bond motifs is 5. The van der Waals surface area contributed by atoms with Crippen molar-refractivity contribution in [3.05, 3.63) is 23.3 Å². The van der Waals surface area contributed by atoms with E-state index in [1.165, 1.54) is 38.2 Å². The molecule has 0 spiro atoms. The molecule has 0 aromatic rings. The molecule has 3 fully saturated rings. The third kappa shape index (κ3) is 4.03. The van der Waals surface area contributed by atoms with Crippen LogP contribution in [0.4, 0.5) is 0 Å². The molecule has 4 aliphatic carbocycles. The Hall–Kier alpha value is -1.38. The monoisotopic (exact) mass is 440 g/mol. The molecule has 0 aromatic heterocycles. The molecule has 0 bridgehead atoms. The van der Waals surface area contributed by atoms with E-state index >= 15 is 0 Å². The molecule has 0 N–H and O–H groups in total. The van der Waals surface area contributed by atoms with Gasteiger partial charge in [0.2, 0.25) is 0 Å². The normalized spacial score (nSPS) is 39.3. The molecule has 32 heavy (non-hydrogen) atoms. The van der Waals surface area contributed by atoms with Crippen LogP contribution in [-0.2, 0) is 14.3 Å². The minimum atomic E-state index is -0.152. The van der Waals surface area contributed by atoms with Gasteiger partial charge in [0.15, 0.2) is 0 Å². The van der Waals surface area contributed by atoms with Crippen LogP contribution < -0.4 is 0 Å². The number of allylic oxidation sites excluding steroid dienone is 3. The van der Waals surface area contributed by atoms with Crippen molar-refractivity contribution in [1.29, 1.82) is 0 Å². The van der Waals surface area contributed by atoms with Crippen molar-refractivity contribution in [3.63, 3.8) is 0 Å². The summed E-state index contributed by atoms with van der Waals surface area (Å²) in [5.41, 5.74) is 3.82. The van der Waals surface area contributed by atoms with Crippen molar-refractivity contribution in [2.75, 3.05) is 0 Å². The second-order valence-corrected chi connectivity index (χ2v) is 12.2. The lowest BCUT2D eigenvalue weighted by molar-refractivity contribution is -0.148. The zero-order chi connectivity index (χ0) is 23.3. The van der Waals surface area contributed by atoms with E-state index in [9.17, 15) is 9.59 Å². The van der Waals surface area contributed by atoms with E-state index in [-0.39, 0.29) is 23.4 Å². The van der Waals surface area contributed by atoms with Gasteiger partial charge in [0, 0.05) is 25.7 Å². The molecule has 4 rings (SSSR count). The van der Waals surface area contributed by atoms with Crippen LogP contribution >= 0.6 is 0 Å². The Balaban J connectivity index is 1.51. The smallest absolute Gasteiger partial charge is 0.302 e. The van der Waals surface area contributed by atoms with Crippen molar-refractivity contribution in [1.82, 2.24) is 0 Å². The van der Waals surface area contributed by atoms with Gasteiger partial charge in [0.1, 0.15) is 11.9 Å². The van der Waals surface area contributed by atoms with Crippen molar-refractivity contribution in [3.8, 4) is 0 Å². The Morgan fingerprint density at radius 2 is 1.78 bits per heavy atom. The minimum Gasteiger partial charge on any atom is -0.462 e. The largest absolute Gasteiger partial charge is 0.462 e. The van der Waals surface area contributed by atoms with Crippen LogP contribution in [0.3, 0.4) is 0 Å². The molecule has 3 heteroatoms. The lowest BCUT2D eigenvalue weighted by atomic mass is 9.50. The van der Waals surface area contributed by atoms with E-state index in [0.29, 0.717) is 29.0 Å². The SMILES string of the molecule is CC(=O)O[C@H]1CC[C@@]2(C)C(=CC=C3[C@@H]4CC[C@H]([C@H](C)CCC(=O)C(C)C)[C@@]4(C)CC[C@@H]32)C1. The fourth-order valence-corrected chi connectivity index (χ4v) is 8.14. The van der Waals surface area contributed by atoms with Crippen LogP contribution in [0.25, 0.3) is 0 Å². The molecule has 0 unspecified atom stereocenters. The lowest BCUT2D eigenvalue weighted by Crippen LogP contribution is -2.46. The summed E-state index contributed by atoms with van der Waals surface area (Å²) < 4.78 is 5.58. The van der Waals surface area contributed by atoms with Crippen molar-refractivity contribution >= 4 is 11.8 Å². The Morgan fingerprint density at radius 3 is 2.47 bits per heavy atom. The summed E-state index contributed by atoms with van der Waals surface area (Å²) in [5, 5.41) is 0. The van der Waals surface area contributed by atoms with Crippen LogP contribution in [0, 0.1) is 40.4 Å². The van der Waals surface area contributed by atoms with E-state index in [1.807, 2.05) is 13.8 Å². The van der Waals surface area contributed by atoms with Gasteiger partial charge in [-0.25, -0.2) is 0 Å².